The third-order valence-corrected chi connectivity index (χ3v) is 4.79. The minimum atomic E-state index is -0.122. The van der Waals surface area contributed by atoms with Crippen molar-refractivity contribution >= 4 is 21.6 Å². The lowest BCUT2D eigenvalue weighted by atomic mass is 10.4. The number of hydrogen-bond donors (Lipinski definition) is 2. The summed E-state index contributed by atoms with van der Waals surface area (Å²) in [5.74, 6) is 0. The molecule has 2 aliphatic heterocycles. The average molecular weight is 256 g/mol. The van der Waals surface area contributed by atoms with Gasteiger partial charge >= 0.3 is 0 Å². The first-order valence-electron chi connectivity index (χ1n) is 4.74. The average Bonchev–Trinajstić information content (AvgIpc) is 2.30. The molecule has 86 valence electrons. The van der Waals surface area contributed by atoms with E-state index in [-0.39, 0.29) is 10.7 Å². The Kier molecular flexibility index (Phi) is 4.00. The molecule has 0 spiro atoms. The summed E-state index contributed by atoms with van der Waals surface area (Å²) >= 11 is 0. The van der Waals surface area contributed by atoms with Gasteiger partial charge in [-0.25, -0.2) is 10.1 Å². The van der Waals surface area contributed by atoms with Crippen LogP contribution in [0.25, 0.3) is 0 Å². The molecule has 2 rings (SSSR count). The van der Waals surface area contributed by atoms with E-state index in [1.54, 1.807) is 24.6 Å². The van der Waals surface area contributed by atoms with E-state index in [4.69, 9.17) is 0 Å². The number of allylic oxidation sites excluding steroid dienone is 4. The molecule has 0 aromatic rings. The molecule has 0 fully saturated rings. The summed E-state index contributed by atoms with van der Waals surface area (Å²) in [4.78, 5) is 0. The molecule has 6 heteroatoms. The smallest absolute Gasteiger partial charge is 0.129 e. The minimum absolute atomic E-state index is 0.122. The van der Waals surface area contributed by atoms with Gasteiger partial charge in [-0.3, -0.25) is 10.4 Å². The summed E-state index contributed by atoms with van der Waals surface area (Å²) in [6, 6.07) is 0. The Morgan fingerprint density at radius 3 is 1.56 bits per heavy atom. The maximum Gasteiger partial charge on any atom is 0.129 e. The molecule has 4 nitrogen and oxygen atoms in total. The predicted molar refractivity (Wildman–Crippen MR) is 66.6 cm³/mol. The zero-order valence-electron chi connectivity index (χ0n) is 8.38. The number of nitrogens with zero attached hydrogens (tertiary/aromatic N) is 2. The summed E-state index contributed by atoms with van der Waals surface area (Å²) in [6.45, 7) is 0. The van der Waals surface area contributed by atoms with Gasteiger partial charge in [-0.1, -0.05) is 33.7 Å². The largest absolute Gasteiger partial charge is 0.288 e. The molecule has 2 heterocycles. The number of hydroxylamine groups is 4. The molecule has 16 heavy (non-hydrogen) atoms. The summed E-state index contributed by atoms with van der Waals surface area (Å²) in [7, 11) is 2.97. The number of hydrogen-bond acceptors (Lipinski definition) is 6. The second-order valence-corrected chi connectivity index (χ2v) is 5.69. The highest BCUT2D eigenvalue weighted by Crippen LogP contribution is 2.36. The van der Waals surface area contributed by atoms with Crippen LogP contribution < -0.4 is 0 Å². The molecule has 0 radical (unpaired) electrons. The van der Waals surface area contributed by atoms with E-state index in [0.29, 0.717) is 0 Å². The fraction of sp³-hybridized carbons (Fsp3) is 0.200. The van der Waals surface area contributed by atoms with Gasteiger partial charge in [0.1, 0.15) is 10.7 Å². The molecule has 0 saturated heterocycles. The Hall–Kier alpha value is -0.820. The molecular weight excluding hydrogens is 244 g/mol. The molecule has 0 bridgehead atoms. The summed E-state index contributed by atoms with van der Waals surface area (Å²) in [6.07, 6.45) is 14.3. The van der Waals surface area contributed by atoms with Gasteiger partial charge in [0.25, 0.3) is 0 Å². The normalized spacial score (nSPS) is 27.9. The molecule has 2 aliphatic rings. The molecule has 2 unspecified atom stereocenters. The fourth-order valence-electron chi connectivity index (χ4n) is 1.21. The lowest BCUT2D eigenvalue weighted by Gasteiger charge is -2.27. The van der Waals surface area contributed by atoms with Gasteiger partial charge in [0.15, 0.2) is 0 Å². The number of rotatable bonds is 3. The van der Waals surface area contributed by atoms with Crippen molar-refractivity contribution in [2.24, 2.45) is 0 Å². The van der Waals surface area contributed by atoms with Crippen molar-refractivity contribution in [2.45, 2.75) is 10.7 Å². The molecule has 0 aliphatic carbocycles. The SMILES string of the molecule is ON1C=CC=CC1SSC1C=CC=CN1O. The highest BCUT2D eigenvalue weighted by Gasteiger charge is 2.19. The van der Waals surface area contributed by atoms with Crippen molar-refractivity contribution < 1.29 is 10.4 Å². The zero-order chi connectivity index (χ0) is 11.4. The van der Waals surface area contributed by atoms with E-state index in [1.807, 2.05) is 24.3 Å². The van der Waals surface area contributed by atoms with Crippen LogP contribution in [-0.2, 0) is 0 Å². The Morgan fingerprint density at radius 1 is 0.750 bits per heavy atom. The van der Waals surface area contributed by atoms with E-state index < -0.39 is 0 Å². The lowest BCUT2D eigenvalue weighted by Crippen LogP contribution is -2.26. The summed E-state index contributed by atoms with van der Waals surface area (Å²) < 4.78 is 0. The Balaban J connectivity index is 1.83. The molecular formula is C10H12N2O2S2. The molecule has 0 aromatic carbocycles. The van der Waals surface area contributed by atoms with Gasteiger partial charge in [-0.05, 0) is 24.3 Å². The third-order valence-electron chi connectivity index (χ3n) is 2.03. The van der Waals surface area contributed by atoms with Crippen molar-refractivity contribution in [1.82, 2.24) is 10.1 Å². The molecule has 0 amide bonds. The van der Waals surface area contributed by atoms with Gasteiger partial charge < -0.3 is 0 Å². The second-order valence-electron chi connectivity index (χ2n) is 3.19. The van der Waals surface area contributed by atoms with Gasteiger partial charge in [0.2, 0.25) is 0 Å². The van der Waals surface area contributed by atoms with Gasteiger partial charge in [-0.15, -0.1) is 0 Å². The Bertz CT molecular complexity index is 321. The first-order chi connectivity index (χ1) is 7.77. The third kappa shape index (κ3) is 2.85. The second kappa shape index (κ2) is 5.49. The van der Waals surface area contributed by atoms with Crippen LogP contribution in [0.1, 0.15) is 0 Å². The summed E-state index contributed by atoms with van der Waals surface area (Å²) in [5, 5.41) is 21.1. The topological polar surface area (TPSA) is 46.9 Å². The van der Waals surface area contributed by atoms with Crippen LogP contribution in [-0.4, -0.2) is 31.3 Å². The lowest BCUT2D eigenvalue weighted by molar-refractivity contribution is -0.0417. The molecule has 0 aromatic heterocycles. The predicted octanol–water partition coefficient (Wildman–Crippen LogP) is 2.57. The van der Waals surface area contributed by atoms with Crippen LogP contribution in [0.5, 0.6) is 0 Å². The van der Waals surface area contributed by atoms with Crippen molar-refractivity contribution in [3.05, 3.63) is 48.9 Å². The van der Waals surface area contributed by atoms with Crippen LogP contribution in [0.3, 0.4) is 0 Å². The minimum Gasteiger partial charge on any atom is -0.288 e. The van der Waals surface area contributed by atoms with Gasteiger partial charge in [-0.2, -0.15) is 0 Å². The monoisotopic (exact) mass is 256 g/mol. The van der Waals surface area contributed by atoms with Gasteiger partial charge in [0, 0.05) is 12.4 Å². The van der Waals surface area contributed by atoms with E-state index in [9.17, 15) is 10.4 Å². The van der Waals surface area contributed by atoms with Crippen molar-refractivity contribution in [3.8, 4) is 0 Å². The molecule has 2 atom stereocenters. The Labute approximate surface area is 102 Å². The molecule has 2 N–H and O–H groups in total. The fourth-order valence-corrected chi connectivity index (χ4v) is 3.66. The van der Waals surface area contributed by atoms with Gasteiger partial charge in [0.05, 0.1) is 0 Å². The van der Waals surface area contributed by atoms with E-state index in [0.717, 1.165) is 10.1 Å². The van der Waals surface area contributed by atoms with Crippen LogP contribution in [0.15, 0.2) is 48.9 Å². The molecule has 0 saturated carbocycles. The first-order valence-corrected chi connectivity index (χ1v) is 7.01. The maximum absolute atomic E-state index is 9.52. The van der Waals surface area contributed by atoms with Crippen LogP contribution in [0, 0.1) is 0 Å². The zero-order valence-corrected chi connectivity index (χ0v) is 10.0. The van der Waals surface area contributed by atoms with E-state index >= 15 is 0 Å². The summed E-state index contributed by atoms with van der Waals surface area (Å²) in [5.41, 5.74) is 0. The van der Waals surface area contributed by atoms with Crippen molar-refractivity contribution in [1.29, 1.82) is 0 Å². The quantitative estimate of drug-likeness (QED) is 0.757. The maximum atomic E-state index is 9.52. The van der Waals surface area contributed by atoms with E-state index in [1.165, 1.54) is 21.6 Å². The van der Waals surface area contributed by atoms with Crippen LogP contribution >= 0.6 is 21.6 Å². The van der Waals surface area contributed by atoms with Crippen molar-refractivity contribution in [3.63, 3.8) is 0 Å². The van der Waals surface area contributed by atoms with Crippen molar-refractivity contribution in [2.75, 3.05) is 0 Å². The van der Waals surface area contributed by atoms with E-state index in [2.05, 4.69) is 0 Å². The standard InChI is InChI=1S/C10H12N2O2S2/c13-11-7-3-1-5-9(11)15-16-10-6-2-4-8-12(10)14/h1-10,13-14H. The Morgan fingerprint density at radius 2 is 1.19 bits per heavy atom. The first kappa shape index (κ1) is 11.7. The van der Waals surface area contributed by atoms with Crippen LogP contribution in [0.4, 0.5) is 0 Å². The highest BCUT2D eigenvalue weighted by atomic mass is 33.1. The highest BCUT2D eigenvalue weighted by molar-refractivity contribution is 8.77. The van der Waals surface area contributed by atoms with Crippen LogP contribution in [0.2, 0.25) is 0 Å².